The van der Waals surface area contributed by atoms with Gasteiger partial charge in [0.1, 0.15) is 12.4 Å². The summed E-state index contributed by atoms with van der Waals surface area (Å²) in [7, 11) is 1.47. The van der Waals surface area contributed by atoms with Crippen LogP contribution in [0.1, 0.15) is 5.56 Å². The molecule has 0 bridgehead atoms. The fourth-order valence-electron chi connectivity index (χ4n) is 1.53. The SMILES string of the molecule is COc1ncccc1COc1cc(F)c(N)cc1F. The Hall–Kier alpha value is -2.37. The average molecular weight is 266 g/mol. The molecule has 0 unspecified atom stereocenters. The fraction of sp³-hybridized carbons (Fsp3) is 0.154. The molecule has 0 aliphatic rings. The van der Waals surface area contributed by atoms with Crippen molar-refractivity contribution in [3.8, 4) is 11.6 Å². The lowest BCUT2D eigenvalue weighted by atomic mass is 10.2. The fourth-order valence-corrected chi connectivity index (χ4v) is 1.53. The Morgan fingerprint density at radius 3 is 2.79 bits per heavy atom. The van der Waals surface area contributed by atoms with Crippen LogP contribution in [0.15, 0.2) is 30.5 Å². The van der Waals surface area contributed by atoms with Crippen LogP contribution in [0.2, 0.25) is 0 Å². The van der Waals surface area contributed by atoms with Crippen molar-refractivity contribution in [3.63, 3.8) is 0 Å². The van der Waals surface area contributed by atoms with Gasteiger partial charge in [0.2, 0.25) is 5.88 Å². The molecule has 6 heteroatoms. The highest BCUT2D eigenvalue weighted by Crippen LogP contribution is 2.24. The van der Waals surface area contributed by atoms with Crippen LogP contribution in [0, 0.1) is 11.6 Å². The van der Waals surface area contributed by atoms with E-state index >= 15 is 0 Å². The Balaban J connectivity index is 2.17. The summed E-state index contributed by atoms with van der Waals surface area (Å²) in [5.41, 5.74) is 5.61. The molecule has 1 aromatic carbocycles. The van der Waals surface area contributed by atoms with Crippen LogP contribution in [0.25, 0.3) is 0 Å². The molecule has 0 radical (unpaired) electrons. The van der Waals surface area contributed by atoms with Crippen LogP contribution in [-0.4, -0.2) is 12.1 Å². The van der Waals surface area contributed by atoms with Crippen molar-refractivity contribution in [1.82, 2.24) is 4.98 Å². The molecule has 19 heavy (non-hydrogen) atoms. The summed E-state index contributed by atoms with van der Waals surface area (Å²) < 4.78 is 37.0. The number of methoxy groups -OCH3 is 1. The topological polar surface area (TPSA) is 57.4 Å². The van der Waals surface area contributed by atoms with Gasteiger partial charge in [-0.15, -0.1) is 0 Å². The second kappa shape index (κ2) is 5.51. The maximum absolute atomic E-state index is 13.5. The molecule has 0 saturated heterocycles. The summed E-state index contributed by atoms with van der Waals surface area (Å²) in [6, 6.07) is 5.21. The molecule has 2 aromatic rings. The summed E-state index contributed by atoms with van der Waals surface area (Å²) in [5, 5.41) is 0. The predicted octanol–water partition coefficient (Wildman–Crippen LogP) is 2.53. The molecule has 100 valence electrons. The molecule has 1 aromatic heterocycles. The molecular formula is C13H12F2N2O2. The van der Waals surface area contributed by atoms with E-state index in [1.807, 2.05) is 0 Å². The minimum Gasteiger partial charge on any atom is -0.486 e. The minimum absolute atomic E-state index is 0.0112. The first-order chi connectivity index (χ1) is 9.11. The summed E-state index contributed by atoms with van der Waals surface area (Å²) >= 11 is 0. The van der Waals surface area contributed by atoms with E-state index in [4.69, 9.17) is 15.2 Å². The second-order valence-corrected chi connectivity index (χ2v) is 3.76. The van der Waals surface area contributed by atoms with E-state index in [1.54, 1.807) is 18.3 Å². The maximum atomic E-state index is 13.5. The molecular weight excluding hydrogens is 254 g/mol. The molecule has 1 heterocycles. The Morgan fingerprint density at radius 2 is 2.05 bits per heavy atom. The lowest BCUT2D eigenvalue weighted by molar-refractivity contribution is 0.279. The molecule has 0 aliphatic carbocycles. The van der Waals surface area contributed by atoms with E-state index in [0.29, 0.717) is 11.4 Å². The molecule has 0 aliphatic heterocycles. The number of hydrogen-bond acceptors (Lipinski definition) is 4. The van der Waals surface area contributed by atoms with Crippen molar-refractivity contribution in [2.75, 3.05) is 12.8 Å². The lowest BCUT2D eigenvalue weighted by Crippen LogP contribution is -2.02. The number of anilines is 1. The zero-order valence-corrected chi connectivity index (χ0v) is 10.2. The third-order valence-electron chi connectivity index (χ3n) is 2.48. The van der Waals surface area contributed by atoms with E-state index in [9.17, 15) is 8.78 Å². The van der Waals surface area contributed by atoms with E-state index in [2.05, 4.69) is 4.98 Å². The molecule has 0 saturated carbocycles. The number of nitrogens with zero attached hydrogens (tertiary/aromatic N) is 1. The number of pyridine rings is 1. The van der Waals surface area contributed by atoms with Crippen molar-refractivity contribution >= 4 is 5.69 Å². The van der Waals surface area contributed by atoms with Gasteiger partial charge in [0.25, 0.3) is 0 Å². The number of nitrogens with two attached hydrogens (primary N) is 1. The van der Waals surface area contributed by atoms with Gasteiger partial charge < -0.3 is 15.2 Å². The largest absolute Gasteiger partial charge is 0.486 e. The molecule has 2 N–H and O–H groups in total. The van der Waals surface area contributed by atoms with Crippen LogP contribution < -0.4 is 15.2 Å². The van der Waals surface area contributed by atoms with Gasteiger partial charge in [-0.2, -0.15) is 0 Å². The normalized spacial score (nSPS) is 10.3. The number of rotatable bonds is 4. The molecule has 0 atom stereocenters. The van der Waals surface area contributed by atoms with Gasteiger partial charge in [-0.3, -0.25) is 0 Å². The standard InChI is InChI=1S/C13H12F2N2O2/c1-18-13-8(3-2-4-17-13)7-19-12-6-9(14)11(16)5-10(12)15/h2-6H,7,16H2,1H3. The number of ether oxygens (including phenoxy) is 2. The third kappa shape index (κ3) is 2.90. The van der Waals surface area contributed by atoms with Crippen LogP contribution in [-0.2, 0) is 6.61 Å². The number of aromatic nitrogens is 1. The van der Waals surface area contributed by atoms with Crippen molar-refractivity contribution in [1.29, 1.82) is 0 Å². The van der Waals surface area contributed by atoms with Crippen molar-refractivity contribution in [2.45, 2.75) is 6.61 Å². The number of benzene rings is 1. The van der Waals surface area contributed by atoms with Crippen LogP contribution >= 0.6 is 0 Å². The summed E-state index contributed by atoms with van der Waals surface area (Å²) in [5.74, 6) is -1.28. The highest BCUT2D eigenvalue weighted by Gasteiger charge is 2.10. The summed E-state index contributed by atoms with van der Waals surface area (Å²) in [6.45, 7) is 0.0112. The Bertz CT molecular complexity index is 591. The molecule has 0 amide bonds. The van der Waals surface area contributed by atoms with E-state index in [1.165, 1.54) is 7.11 Å². The van der Waals surface area contributed by atoms with Gasteiger partial charge in [0.15, 0.2) is 11.6 Å². The highest BCUT2D eigenvalue weighted by atomic mass is 19.1. The summed E-state index contributed by atoms with van der Waals surface area (Å²) in [6.07, 6.45) is 1.56. The van der Waals surface area contributed by atoms with E-state index < -0.39 is 11.6 Å². The third-order valence-corrected chi connectivity index (χ3v) is 2.48. The Labute approximate surface area is 108 Å². The van der Waals surface area contributed by atoms with Gasteiger partial charge in [-0.05, 0) is 12.1 Å². The average Bonchev–Trinajstić information content (AvgIpc) is 2.41. The van der Waals surface area contributed by atoms with Crippen molar-refractivity contribution in [3.05, 3.63) is 47.7 Å². The Morgan fingerprint density at radius 1 is 1.26 bits per heavy atom. The number of halogens is 2. The van der Waals surface area contributed by atoms with Gasteiger partial charge in [0.05, 0.1) is 18.4 Å². The molecule has 2 rings (SSSR count). The zero-order chi connectivity index (χ0) is 13.8. The number of nitrogen functional groups attached to an aromatic ring is 1. The lowest BCUT2D eigenvalue weighted by Gasteiger charge is -2.10. The molecule has 0 spiro atoms. The highest BCUT2D eigenvalue weighted by molar-refractivity contribution is 5.44. The first-order valence-electron chi connectivity index (χ1n) is 5.47. The van der Waals surface area contributed by atoms with Gasteiger partial charge >= 0.3 is 0 Å². The smallest absolute Gasteiger partial charge is 0.219 e. The minimum atomic E-state index is -0.727. The Kier molecular flexibility index (Phi) is 3.79. The van der Waals surface area contributed by atoms with E-state index in [-0.39, 0.29) is 18.0 Å². The van der Waals surface area contributed by atoms with Gasteiger partial charge in [0, 0.05) is 18.3 Å². The number of hydrogen-bond donors (Lipinski definition) is 1. The molecule has 4 nitrogen and oxygen atoms in total. The van der Waals surface area contributed by atoms with Gasteiger partial charge in [-0.1, -0.05) is 0 Å². The van der Waals surface area contributed by atoms with Crippen molar-refractivity contribution in [2.24, 2.45) is 0 Å². The first-order valence-corrected chi connectivity index (χ1v) is 5.47. The van der Waals surface area contributed by atoms with E-state index in [0.717, 1.165) is 12.1 Å². The van der Waals surface area contributed by atoms with Gasteiger partial charge in [-0.25, -0.2) is 13.8 Å². The second-order valence-electron chi connectivity index (χ2n) is 3.76. The molecule has 0 fully saturated rings. The first kappa shape index (κ1) is 13.1. The maximum Gasteiger partial charge on any atom is 0.219 e. The summed E-state index contributed by atoms with van der Waals surface area (Å²) in [4.78, 5) is 3.97. The van der Waals surface area contributed by atoms with Crippen molar-refractivity contribution < 1.29 is 18.3 Å². The van der Waals surface area contributed by atoms with Crippen LogP contribution in [0.3, 0.4) is 0 Å². The van der Waals surface area contributed by atoms with Crippen LogP contribution in [0.4, 0.5) is 14.5 Å². The predicted molar refractivity (Wildman–Crippen MR) is 65.9 cm³/mol. The zero-order valence-electron chi connectivity index (χ0n) is 10.2. The van der Waals surface area contributed by atoms with Crippen LogP contribution in [0.5, 0.6) is 11.6 Å². The monoisotopic (exact) mass is 266 g/mol. The quantitative estimate of drug-likeness (QED) is 0.864.